The highest BCUT2D eigenvalue weighted by atomic mass is 16.2. The summed E-state index contributed by atoms with van der Waals surface area (Å²) in [4.78, 5) is 25.7. The van der Waals surface area contributed by atoms with Gasteiger partial charge in [0.05, 0.1) is 6.54 Å². The molecule has 1 saturated carbocycles. The summed E-state index contributed by atoms with van der Waals surface area (Å²) in [6.45, 7) is 4.93. The van der Waals surface area contributed by atoms with E-state index in [0.29, 0.717) is 0 Å². The van der Waals surface area contributed by atoms with Gasteiger partial charge in [-0.1, -0.05) is 39.5 Å². The van der Waals surface area contributed by atoms with E-state index in [1.54, 1.807) is 0 Å². The molecule has 4 heteroatoms. The smallest absolute Gasteiger partial charge is 0.243 e. The van der Waals surface area contributed by atoms with Crippen LogP contribution in [-0.4, -0.2) is 35.8 Å². The SMILES string of the molecule is CC(C)C1C(=O)NCC(=O)N1CCC1CCCC1. The summed E-state index contributed by atoms with van der Waals surface area (Å²) in [7, 11) is 0. The molecule has 1 aliphatic heterocycles. The number of hydrogen-bond donors (Lipinski definition) is 1. The van der Waals surface area contributed by atoms with Gasteiger partial charge in [0.15, 0.2) is 0 Å². The Labute approximate surface area is 109 Å². The van der Waals surface area contributed by atoms with Crippen LogP contribution >= 0.6 is 0 Å². The minimum Gasteiger partial charge on any atom is -0.345 e. The first-order valence-corrected chi connectivity index (χ1v) is 7.16. The van der Waals surface area contributed by atoms with Crippen LogP contribution in [0.25, 0.3) is 0 Å². The third kappa shape index (κ3) is 2.85. The van der Waals surface area contributed by atoms with Gasteiger partial charge in [-0.3, -0.25) is 9.59 Å². The molecule has 102 valence electrons. The lowest BCUT2D eigenvalue weighted by atomic mass is 9.97. The average Bonchev–Trinajstić information content (AvgIpc) is 2.82. The molecular formula is C14H24N2O2. The minimum atomic E-state index is -0.271. The molecule has 2 rings (SSSR count). The summed E-state index contributed by atoms with van der Waals surface area (Å²) in [6, 6.07) is -0.271. The molecule has 0 aromatic rings. The van der Waals surface area contributed by atoms with E-state index in [1.165, 1.54) is 25.7 Å². The Morgan fingerprint density at radius 3 is 2.56 bits per heavy atom. The van der Waals surface area contributed by atoms with Crippen molar-refractivity contribution in [1.82, 2.24) is 10.2 Å². The molecule has 2 fully saturated rings. The zero-order chi connectivity index (χ0) is 13.1. The number of nitrogens with zero attached hydrogens (tertiary/aromatic N) is 1. The molecule has 0 aromatic carbocycles. The lowest BCUT2D eigenvalue weighted by molar-refractivity contribution is -0.147. The molecule has 1 aliphatic carbocycles. The Morgan fingerprint density at radius 1 is 1.28 bits per heavy atom. The summed E-state index contributed by atoms with van der Waals surface area (Å²) >= 11 is 0. The van der Waals surface area contributed by atoms with E-state index in [4.69, 9.17) is 0 Å². The van der Waals surface area contributed by atoms with Gasteiger partial charge in [0, 0.05) is 6.54 Å². The topological polar surface area (TPSA) is 49.4 Å². The molecule has 2 aliphatic rings. The minimum absolute atomic E-state index is 0.0102. The number of amides is 2. The fraction of sp³-hybridized carbons (Fsp3) is 0.857. The van der Waals surface area contributed by atoms with Crippen LogP contribution < -0.4 is 5.32 Å². The number of rotatable bonds is 4. The van der Waals surface area contributed by atoms with E-state index >= 15 is 0 Å². The van der Waals surface area contributed by atoms with E-state index in [9.17, 15) is 9.59 Å². The summed E-state index contributed by atoms with van der Waals surface area (Å²) in [5.74, 6) is 1.02. The van der Waals surface area contributed by atoms with Crippen molar-refractivity contribution in [1.29, 1.82) is 0 Å². The lowest BCUT2D eigenvalue weighted by Gasteiger charge is -2.37. The molecule has 1 heterocycles. The van der Waals surface area contributed by atoms with Crippen LogP contribution in [0, 0.1) is 11.8 Å². The highest BCUT2D eigenvalue weighted by Gasteiger charge is 2.36. The third-order valence-electron chi connectivity index (χ3n) is 4.22. The number of carbonyl (C=O) groups is 2. The van der Waals surface area contributed by atoms with Gasteiger partial charge >= 0.3 is 0 Å². The molecule has 0 aromatic heterocycles. The molecule has 0 spiro atoms. The van der Waals surface area contributed by atoms with E-state index in [1.807, 2.05) is 18.7 Å². The molecule has 1 saturated heterocycles. The van der Waals surface area contributed by atoms with Gasteiger partial charge in [0.2, 0.25) is 11.8 Å². The second kappa shape index (κ2) is 5.72. The van der Waals surface area contributed by atoms with Gasteiger partial charge in [-0.25, -0.2) is 0 Å². The molecule has 0 radical (unpaired) electrons. The van der Waals surface area contributed by atoms with Crippen molar-refractivity contribution in [2.75, 3.05) is 13.1 Å². The second-order valence-electron chi connectivity index (χ2n) is 5.93. The van der Waals surface area contributed by atoms with Gasteiger partial charge < -0.3 is 10.2 Å². The molecule has 2 amide bonds. The Kier molecular flexibility index (Phi) is 4.25. The number of carbonyl (C=O) groups excluding carboxylic acids is 2. The summed E-state index contributed by atoms with van der Waals surface area (Å²) in [5, 5.41) is 2.69. The third-order valence-corrected chi connectivity index (χ3v) is 4.22. The normalized spacial score (nSPS) is 25.9. The number of piperazine rings is 1. The fourth-order valence-electron chi connectivity index (χ4n) is 3.21. The van der Waals surface area contributed by atoms with Crippen molar-refractivity contribution in [3.63, 3.8) is 0 Å². The molecule has 18 heavy (non-hydrogen) atoms. The van der Waals surface area contributed by atoms with Crippen LogP contribution in [-0.2, 0) is 9.59 Å². The van der Waals surface area contributed by atoms with E-state index < -0.39 is 0 Å². The van der Waals surface area contributed by atoms with Crippen LogP contribution in [0.2, 0.25) is 0 Å². The Balaban J connectivity index is 1.96. The van der Waals surface area contributed by atoms with Gasteiger partial charge in [-0.15, -0.1) is 0 Å². The van der Waals surface area contributed by atoms with Crippen LogP contribution in [0.3, 0.4) is 0 Å². The molecule has 4 nitrogen and oxygen atoms in total. The molecular weight excluding hydrogens is 228 g/mol. The first-order valence-electron chi connectivity index (χ1n) is 7.16. The molecule has 1 atom stereocenters. The molecule has 0 bridgehead atoms. The maximum atomic E-state index is 12.0. The highest BCUT2D eigenvalue weighted by Crippen LogP contribution is 2.28. The van der Waals surface area contributed by atoms with Crippen molar-refractivity contribution in [3.05, 3.63) is 0 Å². The summed E-state index contributed by atoms with van der Waals surface area (Å²) < 4.78 is 0. The first kappa shape index (κ1) is 13.4. The van der Waals surface area contributed by atoms with Gasteiger partial charge in [0.1, 0.15) is 6.04 Å². The van der Waals surface area contributed by atoms with Crippen molar-refractivity contribution in [2.45, 2.75) is 52.0 Å². The van der Waals surface area contributed by atoms with E-state index in [0.717, 1.165) is 18.9 Å². The van der Waals surface area contributed by atoms with Crippen LogP contribution in [0.1, 0.15) is 46.0 Å². The number of nitrogens with one attached hydrogen (secondary N) is 1. The van der Waals surface area contributed by atoms with Gasteiger partial charge in [-0.2, -0.15) is 0 Å². The maximum absolute atomic E-state index is 12.0. The standard InChI is InChI=1S/C14H24N2O2/c1-10(2)13-14(18)15-9-12(17)16(13)8-7-11-5-3-4-6-11/h10-11,13H,3-9H2,1-2H3,(H,15,18). The zero-order valence-corrected chi connectivity index (χ0v) is 11.4. The van der Waals surface area contributed by atoms with Gasteiger partial charge in [-0.05, 0) is 18.3 Å². The van der Waals surface area contributed by atoms with Crippen molar-refractivity contribution < 1.29 is 9.59 Å². The lowest BCUT2D eigenvalue weighted by Crippen LogP contribution is -2.60. The second-order valence-corrected chi connectivity index (χ2v) is 5.93. The van der Waals surface area contributed by atoms with E-state index in [2.05, 4.69) is 5.32 Å². The molecule has 1 N–H and O–H groups in total. The van der Waals surface area contributed by atoms with E-state index in [-0.39, 0.29) is 30.3 Å². The zero-order valence-electron chi connectivity index (χ0n) is 11.4. The van der Waals surface area contributed by atoms with Crippen LogP contribution in [0.4, 0.5) is 0 Å². The average molecular weight is 252 g/mol. The largest absolute Gasteiger partial charge is 0.345 e. The Morgan fingerprint density at radius 2 is 1.94 bits per heavy atom. The molecule has 1 unspecified atom stereocenters. The Bertz CT molecular complexity index is 322. The van der Waals surface area contributed by atoms with Crippen molar-refractivity contribution in [3.8, 4) is 0 Å². The predicted molar refractivity (Wildman–Crippen MR) is 69.9 cm³/mol. The monoisotopic (exact) mass is 252 g/mol. The highest BCUT2D eigenvalue weighted by molar-refractivity contribution is 5.94. The summed E-state index contributed by atoms with van der Waals surface area (Å²) in [6.07, 6.45) is 6.29. The van der Waals surface area contributed by atoms with Crippen LogP contribution in [0.5, 0.6) is 0 Å². The first-order chi connectivity index (χ1) is 8.59. The van der Waals surface area contributed by atoms with Crippen LogP contribution in [0.15, 0.2) is 0 Å². The van der Waals surface area contributed by atoms with Gasteiger partial charge in [0.25, 0.3) is 0 Å². The predicted octanol–water partition coefficient (Wildman–Crippen LogP) is 1.55. The fourth-order valence-corrected chi connectivity index (χ4v) is 3.21. The summed E-state index contributed by atoms with van der Waals surface area (Å²) in [5.41, 5.74) is 0. The Hall–Kier alpha value is -1.06. The quantitative estimate of drug-likeness (QED) is 0.825. The van der Waals surface area contributed by atoms with Crippen molar-refractivity contribution >= 4 is 11.8 Å². The number of hydrogen-bond acceptors (Lipinski definition) is 2. The maximum Gasteiger partial charge on any atom is 0.243 e. The van der Waals surface area contributed by atoms with Crippen molar-refractivity contribution in [2.24, 2.45) is 11.8 Å².